The number of rotatable bonds is 5. The molecule has 1 aliphatic carbocycles. The largest absolute Gasteiger partial charge is 0.481 e. The Bertz CT molecular complexity index is 1070. The molecule has 2 aromatic rings. The van der Waals surface area contributed by atoms with E-state index < -0.39 is 17.3 Å². The quantitative estimate of drug-likeness (QED) is 0.696. The Morgan fingerprint density at radius 2 is 1.97 bits per heavy atom. The molecule has 0 unspecified atom stereocenters. The number of nitrogens with one attached hydrogen (secondary N) is 1. The van der Waals surface area contributed by atoms with Gasteiger partial charge in [-0.15, -0.1) is 0 Å². The van der Waals surface area contributed by atoms with Crippen molar-refractivity contribution in [3.63, 3.8) is 0 Å². The highest BCUT2D eigenvalue weighted by atomic mass is 16.4. The zero-order valence-electron chi connectivity index (χ0n) is 17.7. The second-order valence-electron chi connectivity index (χ2n) is 9.02. The lowest BCUT2D eigenvalue weighted by molar-refractivity contribution is -0.142. The number of aliphatic carboxylic acids is 1. The number of hydrogen-bond acceptors (Lipinski definition) is 4. The topological polar surface area (TPSA) is 103 Å². The van der Waals surface area contributed by atoms with Crippen LogP contribution in [0.3, 0.4) is 0 Å². The minimum Gasteiger partial charge on any atom is -0.481 e. The number of carboxylic acid groups (broad SMARTS) is 1. The van der Waals surface area contributed by atoms with E-state index in [1.54, 1.807) is 26.0 Å². The molecule has 156 valence electrons. The number of hydrogen-bond donors (Lipinski definition) is 2. The van der Waals surface area contributed by atoms with Crippen molar-refractivity contribution >= 4 is 23.1 Å². The average molecular weight is 406 g/mol. The first kappa shape index (κ1) is 21.4. The molecule has 1 amide bonds. The minimum atomic E-state index is -1.06. The van der Waals surface area contributed by atoms with Crippen LogP contribution in [0.25, 0.3) is 5.57 Å². The van der Waals surface area contributed by atoms with Crippen molar-refractivity contribution < 1.29 is 19.1 Å². The van der Waals surface area contributed by atoms with E-state index in [9.17, 15) is 14.7 Å². The molecular formula is C24H26N2O4. The Morgan fingerprint density at radius 3 is 2.53 bits per heavy atom. The molecular weight excluding hydrogens is 380 g/mol. The third-order valence-electron chi connectivity index (χ3n) is 5.78. The van der Waals surface area contributed by atoms with Crippen molar-refractivity contribution in [2.45, 2.75) is 52.4 Å². The fourth-order valence-electron chi connectivity index (χ4n) is 3.46. The van der Waals surface area contributed by atoms with E-state index in [2.05, 4.69) is 25.2 Å². The fourth-order valence-corrected chi connectivity index (χ4v) is 3.46. The van der Waals surface area contributed by atoms with Crippen molar-refractivity contribution in [1.82, 2.24) is 0 Å². The second kappa shape index (κ2) is 7.83. The maximum atomic E-state index is 12.6. The average Bonchev–Trinajstić information content (AvgIpc) is 3.17. The zero-order valence-corrected chi connectivity index (χ0v) is 17.7. The van der Waals surface area contributed by atoms with Crippen LogP contribution < -0.4 is 5.32 Å². The predicted octanol–water partition coefficient (Wildman–Crippen LogP) is 5.36. The van der Waals surface area contributed by atoms with E-state index in [0.29, 0.717) is 11.3 Å². The van der Waals surface area contributed by atoms with Gasteiger partial charge in [-0.1, -0.05) is 26.0 Å². The van der Waals surface area contributed by atoms with Gasteiger partial charge in [-0.05, 0) is 73.9 Å². The van der Waals surface area contributed by atoms with Gasteiger partial charge >= 0.3 is 5.97 Å². The Hall–Kier alpha value is -3.33. The fraction of sp³-hybridized carbons (Fsp3) is 0.375. The van der Waals surface area contributed by atoms with Gasteiger partial charge in [0, 0.05) is 11.3 Å². The number of carbonyl (C=O) groups is 2. The van der Waals surface area contributed by atoms with Crippen LogP contribution >= 0.6 is 0 Å². The van der Waals surface area contributed by atoms with Gasteiger partial charge in [-0.3, -0.25) is 9.59 Å². The van der Waals surface area contributed by atoms with Crippen molar-refractivity contribution in [3.8, 4) is 6.07 Å². The molecule has 6 nitrogen and oxygen atoms in total. The molecule has 6 heteroatoms. The van der Waals surface area contributed by atoms with Crippen LogP contribution in [0.4, 0.5) is 5.69 Å². The van der Waals surface area contributed by atoms with E-state index in [-0.39, 0.29) is 16.9 Å². The Balaban J connectivity index is 2.01. The normalized spacial score (nSPS) is 15.8. The Labute approximate surface area is 176 Å². The van der Waals surface area contributed by atoms with Gasteiger partial charge in [0.15, 0.2) is 5.76 Å². The lowest BCUT2D eigenvalue weighted by Gasteiger charge is -2.30. The maximum absolute atomic E-state index is 12.6. The number of nitriles is 1. The molecule has 0 spiro atoms. The van der Waals surface area contributed by atoms with E-state index in [0.717, 1.165) is 30.4 Å². The minimum absolute atomic E-state index is 0.0474. The molecule has 0 bridgehead atoms. The summed E-state index contributed by atoms with van der Waals surface area (Å²) in [6.07, 6.45) is 4.92. The summed E-state index contributed by atoms with van der Waals surface area (Å²) in [5.74, 6) is -1.26. The summed E-state index contributed by atoms with van der Waals surface area (Å²) in [7, 11) is 0. The maximum Gasteiger partial charge on any atom is 0.313 e. The number of nitrogens with zero attached hydrogens (tertiary/aromatic N) is 1. The van der Waals surface area contributed by atoms with Crippen LogP contribution in [0.15, 0.2) is 40.8 Å². The number of carboxylic acids is 1. The number of anilines is 1. The highest BCUT2D eigenvalue weighted by molar-refractivity contribution is 6.04. The van der Waals surface area contributed by atoms with Gasteiger partial charge in [0.25, 0.3) is 5.91 Å². The van der Waals surface area contributed by atoms with Crippen molar-refractivity contribution in [2.24, 2.45) is 5.41 Å². The second-order valence-corrected chi connectivity index (χ2v) is 9.02. The molecule has 3 rings (SSSR count). The Kier molecular flexibility index (Phi) is 5.58. The van der Waals surface area contributed by atoms with E-state index in [4.69, 9.17) is 9.68 Å². The third-order valence-corrected chi connectivity index (χ3v) is 5.78. The lowest BCUT2D eigenvalue weighted by atomic mass is 9.76. The molecule has 30 heavy (non-hydrogen) atoms. The molecule has 0 aliphatic heterocycles. The molecule has 0 atom stereocenters. The van der Waals surface area contributed by atoms with E-state index in [1.165, 1.54) is 12.1 Å². The highest BCUT2D eigenvalue weighted by Crippen LogP contribution is 2.41. The molecule has 0 fully saturated rings. The molecule has 1 aliphatic rings. The smallest absolute Gasteiger partial charge is 0.313 e. The van der Waals surface area contributed by atoms with Crippen LogP contribution in [-0.2, 0) is 10.2 Å². The lowest BCUT2D eigenvalue weighted by Crippen LogP contribution is -2.28. The van der Waals surface area contributed by atoms with Gasteiger partial charge in [-0.25, -0.2) is 0 Å². The molecule has 2 N–H and O–H groups in total. The summed E-state index contributed by atoms with van der Waals surface area (Å²) in [6.45, 7) is 7.77. The summed E-state index contributed by atoms with van der Waals surface area (Å²) in [5.41, 5.74) is 2.31. The molecule has 0 radical (unpaired) electrons. The van der Waals surface area contributed by atoms with Gasteiger partial charge in [-0.2, -0.15) is 5.26 Å². The van der Waals surface area contributed by atoms with Crippen molar-refractivity contribution in [2.75, 3.05) is 5.32 Å². The highest BCUT2D eigenvalue weighted by Gasteiger charge is 2.31. The van der Waals surface area contributed by atoms with Gasteiger partial charge in [0.2, 0.25) is 5.76 Å². The van der Waals surface area contributed by atoms with Crippen molar-refractivity contribution in [3.05, 3.63) is 59.1 Å². The van der Waals surface area contributed by atoms with Crippen LogP contribution in [0.5, 0.6) is 0 Å². The van der Waals surface area contributed by atoms with Gasteiger partial charge < -0.3 is 14.8 Å². The van der Waals surface area contributed by atoms with Crippen LogP contribution in [0, 0.1) is 16.7 Å². The molecule has 1 aromatic heterocycles. The summed E-state index contributed by atoms with van der Waals surface area (Å²) in [4.78, 5) is 24.4. The summed E-state index contributed by atoms with van der Waals surface area (Å²) in [6, 6.07) is 10.1. The SMILES string of the molecule is CC1(C)CC=C(c2cc(C(C)(C)C(=O)O)ccc2NC(=O)c2ccc(C#N)o2)CC1. The van der Waals surface area contributed by atoms with Crippen molar-refractivity contribution in [1.29, 1.82) is 5.26 Å². The standard InChI is InChI=1S/C24H26N2O4/c1-23(2)11-9-15(10-12-23)18-13-16(24(3,4)22(28)29)5-7-19(18)26-21(27)20-8-6-17(14-25)30-20/h5-9,13H,10-12H2,1-4H3,(H,26,27)(H,28,29). The number of allylic oxidation sites excluding steroid dienone is 2. The number of benzene rings is 1. The van der Waals surface area contributed by atoms with Crippen LogP contribution in [0.2, 0.25) is 0 Å². The van der Waals surface area contributed by atoms with Crippen LogP contribution in [-0.4, -0.2) is 17.0 Å². The van der Waals surface area contributed by atoms with Crippen LogP contribution in [0.1, 0.15) is 74.4 Å². The summed E-state index contributed by atoms with van der Waals surface area (Å²) < 4.78 is 5.22. The third kappa shape index (κ3) is 4.30. The molecule has 0 saturated carbocycles. The predicted molar refractivity (Wildman–Crippen MR) is 114 cm³/mol. The molecule has 0 saturated heterocycles. The Morgan fingerprint density at radius 1 is 1.23 bits per heavy atom. The molecule has 1 heterocycles. The number of amides is 1. The first-order valence-corrected chi connectivity index (χ1v) is 9.92. The number of carbonyl (C=O) groups excluding carboxylic acids is 1. The monoisotopic (exact) mass is 406 g/mol. The summed E-state index contributed by atoms with van der Waals surface area (Å²) >= 11 is 0. The zero-order chi connectivity index (χ0) is 22.1. The van der Waals surface area contributed by atoms with Gasteiger partial charge in [0.1, 0.15) is 6.07 Å². The van der Waals surface area contributed by atoms with E-state index in [1.807, 2.05) is 12.1 Å². The number of furan rings is 1. The first-order valence-electron chi connectivity index (χ1n) is 9.92. The molecule has 1 aromatic carbocycles. The van der Waals surface area contributed by atoms with E-state index >= 15 is 0 Å². The first-order chi connectivity index (χ1) is 14.0. The summed E-state index contributed by atoms with van der Waals surface area (Å²) in [5, 5.41) is 21.4. The van der Waals surface area contributed by atoms with Gasteiger partial charge in [0.05, 0.1) is 5.41 Å².